The maximum Gasteiger partial charge on any atom is 0.191 e. The number of hydrogen-bond acceptors (Lipinski definition) is 4. The topological polar surface area (TPSA) is 68.6 Å². The molecule has 148 valence electrons. The Hall–Kier alpha value is -3.06. The van der Waals surface area contributed by atoms with E-state index in [-0.39, 0.29) is 5.11 Å². The Kier molecular flexibility index (Phi) is 5.90. The van der Waals surface area contributed by atoms with Crippen LogP contribution < -0.4 is 5.73 Å². The summed E-state index contributed by atoms with van der Waals surface area (Å²) in [5.41, 5.74) is 9.91. The lowest BCUT2D eigenvalue weighted by Crippen LogP contribution is -2.21. The number of nitrogens with zero attached hydrogens (tertiary/aromatic N) is 4. The fourth-order valence-corrected chi connectivity index (χ4v) is 3.45. The van der Waals surface area contributed by atoms with E-state index in [4.69, 9.17) is 41.2 Å². The van der Waals surface area contributed by atoms with Crippen molar-refractivity contribution < 1.29 is 0 Å². The fourth-order valence-electron chi connectivity index (χ4n) is 2.98. The Morgan fingerprint density at radius 2 is 1.47 bits per heavy atom. The van der Waals surface area contributed by atoms with Gasteiger partial charge < -0.3 is 5.73 Å². The zero-order chi connectivity index (χ0) is 21.1. The van der Waals surface area contributed by atoms with Gasteiger partial charge in [0, 0.05) is 11.1 Å². The van der Waals surface area contributed by atoms with Gasteiger partial charge in [-0.1, -0.05) is 89.9 Å². The molecule has 4 rings (SSSR count). The normalized spacial score (nSPS) is 11.1. The van der Waals surface area contributed by atoms with Gasteiger partial charge in [-0.05, 0) is 24.4 Å². The molecule has 0 unspecified atom stereocenters. The van der Waals surface area contributed by atoms with Gasteiger partial charge in [0.05, 0.1) is 10.0 Å². The van der Waals surface area contributed by atoms with E-state index in [2.05, 4.69) is 15.3 Å². The number of nitrogens with two attached hydrogens (primary N) is 1. The molecule has 0 saturated heterocycles. The Balaban J connectivity index is 1.97. The van der Waals surface area contributed by atoms with Crippen LogP contribution in [0.1, 0.15) is 0 Å². The van der Waals surface area contributed by atoms with Crippen LogP contribution in [0, 0.1) is 0 Å². The fraction of sp³-hybridized carbons (Fsp3) is 0. The van der Waals surface area contributed by atoms with Gasteiger partial charge in [0.25, 0.3) is 0 Å². The Labute approximate surface area is 188 Å². The van der Waals surface area contributed by atoms with Crippen molar-refractivity contribution in [3.05, 3.63) is 88.9 Å². The molecular weight excluding hydrogens is 437 g/mol. The molecule has 0 atom stereocenters. The number of azo groups is 1. The molecule has 8 heteroatoms. The Bertz CT molecular complexity index is 1240. The third-order valence-electron chi connectivity index (χ3n) is 4.35. The molecule has 2 N–H and O–H groups in total. The molecule has 0 bridgehead atoms. The van der Waals surface area contributed by atoms with Gasteiger partial charge in [0.1, 0.15) is 22.8 Å². The first-order valence-electron chi connectivity index (χ1n) is 8.95. The van der Waals surface area contributed by atoms with Crippen LogP contribution in [0.25, 0.3) is 22.5 Å². The summed E-state index contributed by atoms with van der Waals surface area (Å²) in [4.78, 5) is 0. The van der Waals surface area contributed by atoms with Crippen LogP contribution in [0.5, 0.6) is 0 Å². The van der Waals surface area contributed by atoms with E-state index in [9.17, 15) is 0 Å². The lowest BCUT2D eigenvalue weighted by Gasteiger charge is -2.06. The highest BCUT2D eigenvalue weighted by Crippen LogP contribution is 2.41. The summed E-state index contributed by atoms with van der Waals surface area (Å²) in [7, 11) is 0. The van der Waals surface area contributed by atoms with Crippen LogP contribution in [0.15, 0.2) is 89.1 Å². The molecule has 0 saturated carbocycles. The van der Waals surface area contributed by atoms with Gasteiger partial charge in [0.15, 0.2) is 5.11 Å². The molecule has 0 aliphatic carbocycles. The number of halogens is 2. The molecule has 0 spiro atoms. The summed E-state index contributed by atoms with van der Waals surface area (Å²) >= 11 is 17.6. The van der Waals surface area contributed by atoms with Crippen molar-refractivity contribution in [3.8, 4) is 22.5 Å². The minimum atomic E-state index is 0.105. The summed E-state index contributed by atoms with van der Waals surface area (Å²) in [5, 5.41) is 14.3. The molecule has 5 nitrogen and oxygen atoms in total. The highest BCUT2D eigenvalue weighted by molar-refractivity contribution is 7.80. The number of rotatable bonds is 4. The average Bonchev–Trinajstić information content (AvgIpc) is 3.16. The van der Waals surface area contributed by atoms with Crippen LogP contribution in [-0.4, -0.2) is 14.9 Å². The minimum absolute atomic E-state index is 0.105. The van der Waals surface area contributed by atoms with Gasteiger partial charge >= 0.3 is 0 Å². The summed E-state index contributed by atoms with van der Waals surface area (Å²) in [6, 6.07) is 24.5. The molecule has 0 radical (unpaired) electrons. The highest BCUT2D eigenvalue weighted by Gasteiger charge is 2.22. The molecule has 0 aliphatic heterocycles. The number of hydrogen-bond donors (Lipinski definition) is 1. The molecule has 4 aromatic rings. The first-order chi connectivity index (χ1) is 14.6. The van der Waals surface area contributed by atoms with Crippen molar-refractivity contribution in [1.82, 2.24) is 9.78 Å². The molecule has 0 fully saturated rings. The molecule has 3 aromatic carbocycles. The second kappa shape index (κ2) is 8.75. The van der Waals surface area contributed by atoms with Crippen molar-refractivity contribution in [2.75, 3.05) is 0 Å². The van der Waals surface area contributed by atoms with E-state index in [1.54, 1.807) is 18.2 Å². The summed E-state index contributed by atoms with van der Waals surface area (Å²) < 4.78 is 1.50. The maximum atomic E-state index is 6.28. The van der Waals surface area contributed by atoms with E-state index >= 15 is 0 Å². The molecule has 0 amide bonds. The van der Waals surface area contributed by atoms with Crippen LogP contribution in [0.2, 0.25) is 10.0 Å². The predicted octanol–water partition coefficient (Wildman–Crippen LogP) is 7.03. The van der Waals surface area contributed by atoms with Gasteiger partial charge in [0.2, 0.25) is 0 Å². The van der Waals surface area contributed by atoms with Crippen molar-refractivity contribution in [1.29, 1.82) is 0 Å². The lowest BCUT2D eigenvalue weighted by atomic mass is 10.1. The third kappa shape index (κ3) is 3.98. The third-order valence-corrected chi connectivity index (χ3v) is 5.33. The first-order valence-corrected chi connectivity index (χ1v) is 10.1. The zero-order valence-corrected chi connectivity index (χ0v) is 17.9. The van der Waals surface area contributed by atoms with Gasteiger partial charge in [-0.25, -0.2) is 4.68 Å². The monoisotopic (exact) mass is 451 g/mol. The zero-order valence-electron chi connectivity index (χ0n) is 15.5. The largest absolute Gasteiger partial charge is 0.374 e. The minimum Gasteiger partial charge on any atom is -0.374 e. The Morgan fingerprint density at radius 1 is 0.833 bits per heavy atom. The second-order valence-corrected chi connectivity index (χ2v) is 7.50. The van der Waals surface area contributed by atoms with Crippen molar-refractivity contribution in [2.45, 2.75) is 0 Å². The van der Waals surface area contributed by atoms with Crippen molar-refractivity contribution in [2.24, 2.45) is 16.0 Å². The van der Waals surface area contributed by atoms with Crippen molar-refractivity contribution in [3.63, 3.8) is 0 Å². The number of benzene rings is 3. The van der Waals surface area contributed by atoms with Crippen molar-refractivity contribution >= 4 is 51.9 Å². The first kappa shape index (κ1) is 20.2. The molecule has 1 aromatic heterocycles. The second-order valence-electron chi connectivity index (χ2n) is 6.30. The van der Waals surface area contributed by atoms with E-state index in [1.807, 2.05) is 60.7 Å². The number of thiocarbonyl (C=S) groups is 1. The molecule has 30 heavy (non-hydrogen) atoms. The van der Waals surface area contributed by atoms with E-state index < -0.39 is 0 Å². The number of aromatic nitrogens is 2. The smallest absolute Gasteiger partial charge is 0.191 e. The van der Waals surface area contributed by atoms with E-state index in [0.717, 1.165) is 11.1 Å². The van der Waals surface area contributed by atoms with Gasteiger partial charge in [-0.2, -0.15) is 5.10 Å². The Morgan fingerprint density at radius 3 is 2.10 bits per heavy atom. The molecule has 1 heterocycles. The van der Waals surface area contributed by atoms with Crippen LogP contribution in [-0.2, 0) is 0 Å². The average molecular weight is 452 g/mol. The van der Waals surface area contributed by atoms with E-state index in [1.165, 1.54) is 4.68 Å². The van der Waals surface area contributed by atoms with Gasteiger partial charge in [-0.3, -0.25) is 0 Å². The van der Waals surface area contributed by atoms with Crippen LogP contribution in [0.4, 0.5) is 11.4 Å². The lowest BCUT2D eigenvalue weighted by molar-refractivity contribution is 0.951. The predicted molar refractivity (Wildman–Crippen MR) is 126 cm³/mol. The molecular formula is C22H15Cl2N5S. The highest BCUT2D eigenvalue weighted by atomic mass is 35.5. The van der Waals surface area contributed by atoms with Crippen LogP contribution >= 0.6 is 35.4 Å². The standard InChI is InChI=1S/C22H15Cl2N5S/c23-16-12-7-13-17(18(16)24)26-27-20-19(14-8-3-1-4-9-14)28-29(22(25)30)21(20)15-10-5-2-6-11-15/h1-13H,(H2,25,30). The summed E-state index contributed by atoms with van der Waals surface area (Å²) in [6.45, 7) is 0. The maximum absolute atomic E-state index is 6.28. The SMILES string of the molecule is NC(=S)n1nc(-c2ccccc2)c(N=Nc2cccc(Cl)c2Cl)c1-c1ccccc1. The van der Waals surface area contributed by atoms with E-state index in [0.29, 0.717) is 32.8 Å². The quantitative estimate of drug-likeness (QED) is 0.267. The molecule has 0 aliphatic rings. The summed E-state index contributed by atoms with van der Waals surface area (Å²) in [5.74, 6) is 0. The van der Waals surface area contributed by atoms with Crippen LogP contribution in [0.3, 0.4) is 0 Å². The van der Waals surface area contributed by atoms with Gasteiger partial charge in [-0.15, -0.1) is 10.2 Å². The summed E-state index contributed by atoms with van der Waals surface area (Å²) in [6.07, 6.45) is 0.